The molecule has 386 valence electrons. The van der Waals surface area contributed by atoms with E-state index >= 15 is 0 Å². The minimum Gasteiger partial charge on any atom is -0.310 e. The van der Waals surface area contributed by atoms with E-state index in [0.717, 1.165) is 0 Å². The predicted molar refractivity (Wildman–Crippen MR) is 366 cm³/mol. The lowest BCUT2D eigenvalue weighted by molar-refractivity contribution is 1.14. The number of nitrogens with zero attached hydrogens (tertiary/aromatic N) is 2. The molecule has 2 aliphatic rings. The molecule has 21 rings (SSSR count). The Morgan fingerprint density at radius 1 is 0.212 bits per heavy atom. The lowest BCUT2D eigenvalue weighted by Gasteiger charge is -2.34. The van der Waals surface area contributed by atoms with Crippen LogP contribution in [0.1, 0.15) is 0 Å². The van der Waals surface area contributed by atoms with Gasteiger partial charge in [-0.15, -0.1) is 0 Å². The van der Waals surface area contributed by atoms with Crippen molar-refractivity contribution in [3.8, 4) is 33.6 Å². The minimum atomic E-state index is -0.0950. The fourth-order valence-electron chi connectivity index (χ4n) is 16.5. The Kier molecular flexibility index (Phi) is 8.38. The van der Waals surface area contributed by atoms with Crippen molar-refractivity contribution < 1.29 is 0 Å². The average Bonchev–Trinajstić information content (AvgIpc) is 1.70. The first-order valence-corrected chi connectivity index (χ1v) is 29.8. The summed E-state index contributed by atoms with van der Waals surface area (Å²) in [6, 6.07) is 105. The molecule has 85 heavy (non-hydrogen) atoms. The maximum atomic E-state index is 2.69. The van der Waals surface area contributed by atoms with Gasteiger partial charge in [0.05, 0.1) is 16.6 Å². The molecule has 4 heterocycles. The molecular weight excluding hydrogens is 1020 g/mol. The molecule has 0 unspecified atom stereocenters. The lowest BCUT2D eigenvalue weighted by Crippen LogP contribution is -2.59. The largest absolute Gasteiger partial charge is 0.310 e. The first-order chi connectivity index (χ1) is 42.1. The number of aromatic nitrogens is 2. The highest BCUT2D eigenvalue weighted by Gasteiger charge is 2.42. The number of hydrogen-bond acceptors (Lipinski definition) is 0. The van der Waals surface area contributed by atoms with Gasteiger partial charge in [0.15, 0.2) is 0 Å². The molecule has 0 bridgehead atoms. The summed E-state index contributed by atoms with van der Waals surface area (Å²) in [4.78, 5) is 0. The van der Waals surface area contributed by atoms with Gasteiger partial charge in [-0.05, 0) is 208 Å². The highest BCUT2D eigenvalue weighted by Crippen LogP contribution is 2.50. The molecule has 2 nitrogen and oxygen atoms in total. The molecule has 3 heteroatoms. The van der Waals surface area contributed by atoms with E-state index in [2.05, 4.69) is 282 Å². The van der Waals surface area contributed by atoms with Crippen LogP contribution < -0.4 is 16.4 Å². The zero-order valence-electron chi connectivity index (χ0n) is 46.0. The van der Waals surface area contributed by atoms with Crippen LogP contribution in [0.4, 0.5) is 0 Å². The molecular formula is C82H45BN2. The first kappa shape index (κ1) is 44.6. The molecule has 0 atom stereocenters. The second kappa shape index (κ2) is 16.0. The number of hydrogen-bond donors (Lipinski definition) is 0. The Labute approximate surface area is 487 Å². The van der Waals surface area contributed by atoms with Crippen molar-refractivity contribution in [2.75, 3.05) is 0 Å². The average molecular weight is 1070 g/mol. The van der Waals surface area contributed by atoms with E-state index in [-0.39, 0.29) is 6.71 Å². The van der Waals surface area contributed by atoms with E-state index in [1.54, 1.807) is 0 Å². The van der Waals surface area contributed by atoms with Crippen molar-refractivity contribution >= 4 is 174 Å². The summed E-state index contributed by atoms with van der Waals surface area (Å²) in [7, 11) is 0. The van der Waals surface area contributed by atoms with Crippen LogP contribution in [-0.4, -0.2) is 15.8 Å². The summed E-state index contributed by atoms with van der Waals surface area (Å²) in [5, 5.41) is 30.7. The third kappa shape index (κ3) is 5.75. The number of benzene rings is 17. The van der Waals surface area contributed by atoms with Gasteiger partial charge in [0.2, 0.25) is 0 Å². The SMILES string of the molecule is c1cc2c3c(c1)-n1c4ccc5c6ccccc6c6ccccc6c5c4c4c5c6ccccc6c6ccccc6c5cc(c41)B3c1cc(-c3ccc4cc5ccccc5cc4c3)cc3c4cc(-c5ccc6cc7ccccc7cc6c5)ccc4n-2c13. The van der Waals surface area contributed by atoms with Gasteiger partial charge in [-0.25, -0.2) is 0 Å². The minimum absolute atomic E-state index is 0.0950. The summed E-state index contributed by atoms with van der Waals surface area (Å²) < 4.78 is 5.32. The summed E-state index contributed by atoms with van der Waals surface area (Å²) in [6.07, 6.45) is 0. The van der Waals surface area contributed by atoms with E-state index in [0.29, 0.717) is 0 Å². The Hall–Kier alpha value is -11.0. The van der Waals surface area contributed by atoms with Crippen molar-refractivity contribution in [1.29, 1.82) is 0 Å². The third-order valence-corrected chi connectivity index (χ3v) is 20.1. The standard InChI is InChI=1S/C82H45BN2/c1-3-16-48-38-55-40-50(28-29-51(55)36-46(48)14-1)54-32-34-72-67(42-54)69-43-57(53-31-30-52-37-47-15-2-4-17-49(47)39-56(52)41-53)44-70-81(69)84(72)74-26-13-27-75-80(74)83(70)71-45-68-63-23-8-6-19-59(63)61-21-10-12-25-65(61)77(68)79-78-73(85(75)82(71)79)35-33-66-62-22-7-5-18-58(62)60-20-9-11-24-64(60)76(66)78/h1-45H. The maximum Gasteiger partial charge on any atom is 0.252 e. The zero-order valence-corrected chi connectivity index (χ0v) is 46.0. The van der Waals surface area contributed by atoms with Crippen molar-refractivity contribution in [2.45, 2.75) is 0 Å². The van der Waals surface area contributed by atoms with Gasteiger partial charge in [0.25, 0.3) is 6.71 Å². The zero-order chi connectivity index (χ0) is 54.9. The van der Waals surface area contributed by atoms with Crippen LogP contribution in [0.15, 0.2) is 273 Å². The Morgan fingerprint density at radius 3 is 1.21 bits per heavy atom. The van der Waals surface area contributed by atoms with E-state index in [1.165, 1.54) is 201 Å². The van der Waals surface area contributed by atoms with Crippen molar-refractivity contribution in [3.05, 3.63) is 273 Å². The first-order valence-electron chi connectivity index (χ1n) is 29.8. The molecule has 19 aromatic rings. The van der Waals surface area contributed by atoms with E-state index < -0.39 is 0 Å². The van der Waals surface area contributed by atoms with Gasteiger partial charge in [0.1, 0.15) is 0 Å². The molecule has 0 N–H and O–H groups in total. The van der Waals surface area contributed by atoms with Crippen LogP contribution >= 0.6 is 0 Å². The van der Waals surface area contributed by atoms with Crippen LogP contribution in [0.3, 0.4) is 0 Å². The summed E-state index contributed by atoms with van der Waals surface area (Å²) in [6.45, 7) is -0.0950. The van der Waals surface area contributed by atoms with Gasteiger partial charge in [-0.3, -0.25) is 0 Å². The normalized spacial score (nSPS) is 12.9. The Bertz CT molecular complexity index is 6320. The topological polar surface area (TPSA) is 9.86 Å². The van der Waals surface area contributed by atoms with Crippen LogP contribution in [0.25, 0.3) is 185 Å². The van der Waals surface area contributed by atoms with E-state index in [9.17, 15) is 0 Å². The molecule has 0 saturated carbocycles. The lowest BCUT2D eigenvalue weighted by atomic mass is 9.34. The van der Waals surface area contributed by atoms with E-state index in [1.807, 2.05) is 0 Å². The molecule has 2 aliphatic heterocycles. The van der Waals surface area contributed by atoms with Crippen molar-refractivity contribution in [1.82, 2.24) is 9.13 Å². The third-order valence-electron chi connectivity index (χ3n) is 20.1. The highest BCUT2D eigenvalue weighted by atomic mass is 15.0. The molecule has 0 spiro atoms. The summed E-state index contributed by atoms with van der Waals surface area (Å²) in [5.41, 5.74) is 16.4. The van der Waals surface area contributed by atoms with Crippen molar-refractivity contribution in [3.63, 3.8) is 0 Å². The second-order valence-corrected chi connectivity index (χ2v) is 24.2. The highest BCUT2D eigenvalue weighted by molar-refractivity contribution is 7.00. The van der Waals surface area contributed by atoms with Crippen LogP contribution in [-0.2, 0) is 0 Å². The molecule has 0 amide bonds. The van der Waals surface area contributed by atoms with Gasteiger partial charge in [-0.1, -0.05) is 200 Å². The smallest absolute Gasteiger partial charge is 0.252 e. The quantitative estimate of drug-likeness (QED) is 0.0928. The second-order valence-electron chi connectivity index (χ2n) is 24.2. The van der Waals surface area contributed by atoms with Crippen LogP contribution in [0.5, 0.6) is 0 Å². The molecule has 0 aliphatic carbocycles. The van der Waals surface area contributed by atoms with Gasteiger partial charge >= 0.3 is 0 Å². The Morgan fingerprint density at radius 2 is 0.624 bits per heavy atom. The number of rotatable bonds is 2. The Balaban J connectivity index is 0.928. The maximum absolute atomic E-state index is 2.69. The van der Waals surface area contributed by atoms with Gasteiger partial charge in [-0.2, -0.15) is 0 Å². The molecule has 0 fully saturated rings. The van der Waals surface area contributed by atoms with Crippen LogP contribution in [0.2, 0.25) is 0 Å². The molecule has 0 saturated heterocycles. The fourth-order valence-corrected chi connectivity index (χ4v) is 16.5. The van der Waals surface area contributed by atoms with Gasteiger partial charge < -0.3 is 9.13 Å². The van der Waals surface area contributed by atoms with E-state index in [4.69, 9.17) is 0 Å². The fraction of sp³-hybridized carbons (Fsp3) is 0. The summed E-state index contributed by atoms with van der Waals surface area (Å²) in [5.74, 6) is 0. The predicted octanol–water partition coefficient (Wildman–Crippen LogP) is 19.9. The van der Waals surface area contributed by atoms with Gasteiger partial charge in [0, 0.05) is 49.2 Å². The molecule has 0 radical (unpaired) electrons. The molecule has 2 aromatic heterocycles. The summed E-state index contributed by atoms with van der Waals surface area (Å²) >= 11 is 0. The monoisotopic (exact) mass is 1070 g/mol. The van der Waals surface area contributed by atoms with Crippen molar-refractivity contribution in [2.24, 2.45) is 0 Å². The number of fused-ring (bicyclic) bond motifs is 28. The van der Waals surface area contributed by atoms with Crippen LogP contribution in [0, 0.1) is 0 Å². The molecule has 17 aromatic carbocycles.